The molecule has 5 heteroatoms. The van der Waals surface area contributed by atoms with Crippen LogP contribution in [0.2, 0.25) is 0 Å². The molecule has 0 bridgehead atoms. The highest BCUT2D eigenvalue weighted by molar-refractivity contribution is 5.87. The van der Waals surface area contributed by atoms with Gasteiger partial charge >= 0.3 is 5.97 Å². The van der Waals surface area contributed by atoms with Crippen molar-refractivity contribution in [3.05, 3.63) is 23.4 Å². The molecule has 0 aromatic carbocycles. The minimum Gasteiger partial charge on any atom is -0.478 e. The maximum absolute atomic E-state index is 10.8. The van der Waals surface area contributed by atoms with Gasteiger partial charge in [0.2, 0.25) is 5.88 Å². The summed E-state index contributed by atoms with van der Waals surface area (Å²) in [5.41, 5.74) is 0.822. The zero-order valence-electron chi connectivity index (χ0n) is 8.27. The summed E-state index contributed by atoms with van der Waals surface area (Å²) < 4.78 is 10.4. The smallest absolute Gasteiger partial charge is 0.335 e. The van der Waals surface area contributed by atoms with Crippen LogP contribution >= 0.6 is 0 Å². The molecule has 2 rings (SSSR count). The molecule has 1 aromatic rings. The molecule has 0 atom stereocenters. The second-order valence-corrected chi connectivity index (χ2v) is 3.42. The van der Waals surface area contributed by atoms with Crippen molar-refractivity contribution in [2.24, 2.45) is 0 Å². The average Bonchev–Trinajstić information content (AvgIpc) is 2.10. The van der Waals surface area contributed by atoms with Crippen LogP contribution in [-0.2, 0) is 4.74 Å². The van der Waals surface area contributed by atoms with Crippen LogP contribution in [-0.4, -0.2) is 35.4 Å². The van der Waals surface area contributed by atoms with E-state index in [0.717, 1.165) is 0 Å². The molecule has 2 heterocycles. The summed E-state index contributed by atoms with van der Waals surface area (Å²) in [6.07, 6.45) is 0.000875. The molecular weight excluding hydrogens is 198 g/mol. The lowest BCUT2D eigenvalue weighted by Crippen LogP contribution is -2.38. The first kappa shape index (κ1) is 9.92. The van der Waals surface area contributed by atoms with Crippen molar-refractivity contribution in [1.82, 2.24) is 4.98 Å². The summed E-state index contributed by atoms with van der Waals surface area (Å²) in [6.45, 7) is 2.81. The molecule has 1 N–H and O–H groups in total. The lowest BCUT2D eigenvalue weighted by Gasteiger charge is -2.26. The number of carboxylic acids is 1. The van der Waals surface area contributed by atoms with E-state index in [-0.39, 0.29) is 11.7 Å². The normalized spacial score (nSPS) is 15.8. The molecule has 0 unspecified atom stereocenters. The largest absolute Gasteiger partial charge is 0.478 e. The van der Waals surface area contributed by atoms with Gasteiger partial charge in [-0.3, -0.25) is 0 Å². The van der Waals surface area contributed by atoms with Crippen molar-refractivity contribution < 1.29 is 19.4 Å². The fourth-order valence-electron chi connectivity index (χ4n) is 1.27. The first-order chi connectivity index (χ1) is 7.15. The van der Waals surface area contributed by atoms with Gasteiger partial charge in [0.05, 0.1) is 18.8 Å². The monoisotopic (exact) mass is 209 g/mol. The van der Waals surface area contributed by atoms with Crippen LogP contribution in [0.5, 0.6) is 5.88 Å². The third-order valence-corrected chi connectivity index (χ3v) is 2.07. The first-order valence-electron chi connectivity index (χ1n) is 4.61. The van der Waals surface area contributed by atoms with Gasteiger partial charge in [0, 0.05) is 11.8 Å². The molecule has 80 valence electrons. The van der Waals surface area contributed by atoms with Crippen LogP contribution in [0.15, 0.2) is 12.1 Å². The predicted molar refractivity (Wildman–Crippen MR) is 51.2 cm³/mol. The molecule has 0 radical (unpaired) electrons. The Morgan fingerprint density at radius 2 is 2.33 bits per heavy atom. The van der Waals surface area contributed by atoms with Gasteiger partial charge in [-0.2, -0.15) is 0 Å². The van der Waals surface area contributed by atoms with Gasteiger partial charge in [0.15, 0.2) is 0 Å². The third-order valence-electron chi connectivity index (χ3n) is 2.07. The van der Waals surface area contributed by atoms with E-state index in [4.69, 9.17) is 14.6 Å². The number of hydrogen-bond donors (Lipinski definition) is 1. The number of nitrogens with zero attached hydrogens (tertiary/aromatic N) is 1. The zero-order chi connectivity index (χ0) is 10.8. The van der Waals surface area contributed by atoms with Crippen molar-refractivity contribution in [1.29, 1.82) is 0 Å². The van der Waals surface area contributed by atoms with Crippen LogP contribution in [0.1, 0.15) is 16.1 Å². The Balaban J connectivity index is 2.18. The fraction of sp³-hybridized carbons (Fsp3) is 0.400. The Labute approximate surface area is 86.7 Å². The lowest BCUT2D eigenvalue weighted by atomic mass is 10.2. The summed E-state index contributed by atoms with van der Waals surface area (Å²) in [6, 6.07) is 2.93. The number of aromatic carboxylic acids is 1. The SMILES string of the molecule is Cc1cc(C(=O)O)cc(OC2COC2)n1. The third kappa shape index (κ3) is 2.24. The van der Waals surface area contributed by atoms with Crippen LogP contribution < -0.4 is 4.74 Å². The second-order valence-electron chi connectivity index (χ2n) is 3.42. The van der Waals surface area contributed by atoms with Crippen molar-refractivity contribution in [2.45, 2.75) is 13.0 Å². The Bertz CT molecular complexity index is 387. The van der Waals surface area contributed by atoms with E-state index in [2.05, 4.69) is 4.98 Å². The molecule has 1 aliphatic heterocycles. The molecule has 0 saturated carbocycles. The topological polar surface area (TPSA) is 68.7 Å². The first-order valence-corrected chi connectivity index (χ1v) is 4.61. The summed E-state index contributed by atoms with van der Waals surface area (Å²) in [5.74, 6) is -0.629. The van der Waals surface area contributed by atoms with Crippen molar-refractivity contribution in [3.63, 3.8) is 0 Å². The van der Waals surface area contributed by atoms with E-state index in [0.29, 0.717) is 24.8 Å². The van der Waals surface area contributed by atoms with Gasteiger partial charge in [-0.15, -0.1) is 0 Å². The molecule has 0 amide bonds. The minimum absolute atomic E-state index is 0.000875. The molecule has 0 spiro atoms. The average molecular weight is 209 g/mol. The van der Waals surface area contributed by atoms with Gasteiger partial charge in [-0.05, 0) is 13.0 Å². The van der Waals surface area contributed by atoms with E-state index in [1.807, 2.05) is 0 Å². The van der Waals surface area contributed by atoms with Crippen LogP contribution in [0.4, 0.5) is 0 Å². The molecule has 1 aliphatic rings. The van der Waals surface area contributed by atoms with Gasteiger partial charge in [0.25, 0.3) is 0 Å². The van der Waals surface area contributed by atoms with Gasteiger partial charge in [-0.1, -0.05) is 0 Å². The molecule has 1 saturated heterocycles. The van der Waals surface area contributed by atoms with E-state index in [9.17, 15) is 4.79 Å². The second kappa shape index (κ2) is 3.86. The molecule has 1 fully saturated rings. The fourth-order valence-corrected chi connectivity index (χ4v) is 1.27. The molecule has 15 heavy (non-hydrogen) atoms. The maximum atomic E-state index is 10.8. The van der Waals surface area contributed by atoms with E-state index >= 15 is 0 Å². The summed E-state index contributed by atoms with van der Waals surface area (Å²) >= 11 is 0. The number of carboxylic acid groups (broad SMARTS) is 1. The number of hydrogen-bond acceptors (Lipinski definition) is 4. The van der Waals surface area contributed by atoms with Gasteiger partial charge < -0.3 is 14.6 Å². The van der Waals surface area contributed by atoms with Crippen LogP contribution in [0.3, 0.4) is 0 Å². The van der Waals surface area contributed by atoms with E-state index in [1.165, 1.54) is 12.1 Å². The number of carbonyl (C=O) groups is 1. The van der Waals surface area contributed by atoms with Crippen molar-refractivity contribution in [2.75, 3.05) is 13.2 Å². The highest BCUT2D eigenvalue weighted by Gasteiger charge is 2.21. The molecular formula is C10H11NO4. The van der Waals surface area contributed by atoms with Crippen molar-refractivity contribution in [3.8, 4) is 5.88 Å². The molecule has 0 aliphatic carbocycles. The zero-order valence-corrected chi connectivity index (χ0v) is 8.27. The van der Waals surface area contributed by atoms with E-state index < -0.39 is 5.97 Å². The summed E-state index contributed by atoms with van der Waals surface area (Å²) in [7, 11) is 0. The summed E-state index contributed by atoms with van der Waals surface area (Å²) in [4.78, 5) is 14.9. The molecule has 5 nitrogen and oxygen atoms in total. The number of aromatic nitrogens is 1. The van der Waals surface area contributed by atoms with Gasteiger partial charge in [0.1, 0.15) is 6.10 Å². The summed E-state index contributed by atoms with van der Waals surface area (Å²) in [5, 5.41) is 8.83. The molecule has 1 aromatic heterocycles. The Morgan fingerprint density at radius 1 is 1.60 bits per heavy atom. The lowest BCUT2D eigenvalue weighted by molar-refractivity contribution is -0.0814. The Morgan fingerprint density at radius 3 is 2.87 bits per heavy atom. The highest BCUT2D eigenvalue weighted by Crippen LogP contribution is 2.16. The van der Waals surface area contributed by atoms with Crippen molar-refractivity contribution >= 4 is 5.97 Å². The number of pyridine rings is 1. The predicted octanol–water partition coefficient (Wildman–Crippen LogP) is 0.866. The number of ether oxygens (including phenoxy) is 2. The van der Waals surface area contributed by atoms with Crippen LogP contribution in [0.25, 0.3) is 0 Å². The Kier molecular flexibility index (Phi) is 2.55. The minimum atomic E-state index is -0.977. The quantitative estimate of drug-likeness (QED) is 0.799. The van der Waals surface area contributed by atoms with E-state index in [1.54, 1.807) is 6.92 Å². The standard InChI is InChI=1S/C10H11NO4/c1-6-2-7(10(12)13)3-9(11-6)15-8-4-14-5-8/h2-3,8H,4-5H2,1H3,(H,12,13). The maximum Gasteiger partial charge on any atom is 0.335 e. The van der Waals surface area contributed by atoms with Crippen LogP contribution in [0, 0.1) is 6.92 Å². The number of rotatable bonds is 3. The number of aryl methyl sites for hydroxylation is 1. The Hall–Kier alpha value is -1.62. The highest BCUT2D eigenvalue weighted by atomic mass is 16.6. The van der Waals surface area contributed by atoms with Gasteiger partial charge in [-0.25, -0.2) is 9.78 Å².